The van der Waals surface area contributed by atoms with Crippen molar-refractivity contribution >= 4 is 12.4 Å². The van der Waals surface area contributed by atoms with Gasteiger partial charge in [-0.05, 0) is 52.0 Å². The molecular weight excluding hydrogens is 332 g/mol. The van der Waals surface area contributed by atoms with Crippen molar-refractivity contribution in [3.05, 3.63) is 47.5 Å². The monoisotopic (exact) mass is 356 g/mol. The first-order valence-electron chi connectivity index (χ1n) is 8.16. The van der Waals surface area contributed by atoms with E-state index in [1.165, 1.54) is 24.3 Å². The van der Waals surface area contributed by atoms with E-state index in [0.29, 0.717) is 11.1 Å². The predicted octanol–water partition coefficient (Wildman–Crippen LogP) is 3.60. The molecule has 0 saturated carbocycles. The Bertz CT molecular complexity index is 783. The summed E-state index contributed by atoms with van der Waals surface area (Å²) in [6.45, 7) is 7.65. The van der Waals surface area contributed by atoms with Crippen LogP contribution in [0.3, 0.4) is 0 Å². The van der Waals surface area contributed by atoms with Gasteiger partial charge in [-0.1, -0.05) is 0 Å². The van der Waals surface area contributed by atoms with Gasteiger partial charge < -0.3 is 20.4 Å². The van der Waals surface area contributed by atoms with Crippen molar-refractivity contribution in [2.24, 2.45) is 9.98 Å². The molecule has 26 heavy (non-hydrogen) atoms. The lowest BCUT2D eigenvalue weighted by Crippen LogP contribution is -2.42. The molecule has 2 aromatic rings. The summed E-state index contributed by atoms with van der Waals surface area (Å²) < 4.78 is 0. The number of phenolic OH excluding ortho intramolecular Hbond substituents is 4. The third kappa shape index (κ3) is 4.33. The molecule has 4 N–H and O–H groups in total. The second kappa shape index (κ2) is 7.07. The lowest BCUT2D eigenvalue weighted by molar-refractivity contribution is 0.317. The maximum absolute atomic E-state index is 9.87. The van der Waals surface area contributed by atoms with Crippen molar-refractivity contribution in [2.45, 2.75) is 38.8 Å². The zero-order valence-corrected chi connectivity index (χ0v) is 15.3. The van der Waals surface area contributed by atoms with E-state index in [-0.39, 0.29) is 23.0 Å². The molecule has 6 nitrogen and oxygen atoms in total. The fourth-order valence-electron chi connectivity index (χ4n) is 2.06. The minimum Gasteiger partial charge on any atom is -0.508 e. The number of hydrogen-bond donors (Lipinski definition) is 4. The first kappa shape index (κ1) is 19.3. The lowest BCUT2D eigenvalue weighted by atomic mass is 9.83. The molecule has 138 valence electrons. The molecule has 2 aromatic carbocycles. The number of aromatic hydroxyl groups is 4. The zero-order valence-electron chi connectivity index (χ0n) is 15.3. The smallest absolute Gasteiger partial charge is 0.128 e. The predicted molar refractivity (Wildman–Crippen MR) is 103 cm³/mol. The van der Waals surface area contributed by atoms with Gasteiger partial charge in [0.2, 0.25) is 0 Å². The van der Waals surface area contributed by atoms with Gasteiger partial charge in [0.25, 0.3) is 0 Å². The van der Waals surface area contributed by atoms with Crippen molar-refractivity contribution in [3.8, 4) is 23.0 Å². The van der Waals surface area contributed by atoms with E-state index in [0.717, 1.165) is 0 Å². The van der Waals surface area contributed by atoms with Crippen LogP contribution in [0, 0.1) is 0 Å². The normalized spacial score (nSPS) is 12.9. The summed E-state index contributed by atoms with van der Waals surface area (Å²) in [6.07, 6.45) is 3.09. The average Bonchev–Trinajstić information content (AvgIpc) is 2.53. The Morgan fingerprint density at radius 2 is 1.00 bits per heavy atom. The Hall–Kier alpha value is -3.02. The highest BCUT2D eigenvalue weighted by Gasteiger charge is 2.35. The summed E-state index contributed by atoms with van der Waals surface area (Å²) >= 11 is 0. The molecule has 0 heterocycles. The molecule has 0 aliphatic rings. The van der Waals surface area contributed by atoms with Gasteiger partial charge >= 0.3 is 0 Å². The van der Waals surface area contributed by atoms with Crippen molar-refractivity contribution in [2.75, 3.05) is 0 Å². The number of aliphatic imine (C=N–C) groups is 2. The Morgan fingerprint density at radius 3 is 1.31 bits per heavy atom. The highest BCUT2D eigenvalue weighted by Crippen LogP contribution is 2.31. The van der Waals surface area contributed by atoms with E-state index in [1.54, 1.807) is 24.6 Å². The van der Waals surface area contributed by atoms with Crippen LogP contribution in [0.5, 0.6) is 23.0 Å². The van der Waals surface area contributed by atoms with Crippen LogP contribution >= 0.6 is 0 Å². The molecule has 0 spiro atoms. The number of rotatable bonds is 5. The summed E-state index contributed by atoms with van der Waals surface area (Å²) in [5.74, 6) is -0.144. The minimum atomic E-state index is -0.625. The van der Waals surface area contributed by atoms with Crippen molar-refractivity contribution in [3.63, 3.8) is 0 Å². The fraction of sp³-hybridized carbons (Fsp3) is 0.300. The SMILES string of the molecule is CC(C)(N=Cc1ccc(O)cc1O)C(C)(C)N=Cc1ccc(O)cc1O. The second-order valence-corrected chi connectivity index (χ2v) is 7.12. The fourth-order valence-corrected chi connectivity index (χ4v) is 2.06. The van der Waals surface area contributed by atoms with Gasteiger partial charge in [0.05, 0.1) is 11.1 Å². The highest BCUT2D eigenvalue weighted by atomic mass is 16.3. The molecular formula is C20H24N2O4. The van der Waals surface area contributed by atoms with Gasteiger partial charge in [-0.2, -0.15) is 0 Å². The summed E-state index contributed by atoms with van der Waals surface area (Å²) in [5.41, 5.74) is -0.264. The van der Waals surface area contributed by atoms with E-state index >= 15 is 0 Å². The summed E-state index contributed by atoms with van der Waals surface area (Å²) in [7, 11) is 0. The van der Waals surface area contributed by atoms with Crippen molar-refractivity contribution in [1.29, 1.82) is 0 Å². The maximum atomic E-state index is 9.87. The molecule has 0 radical (unpaired) electrons. The zero-order chi connectivity index (χ0) is 19.5. The molecule has 0 aliphatic heterocycles. The average molecular weight is 356 g/mol. The molecule has 2 rings (SSSR count). The Balaban J connectivity index is 2.24. The Morgan fingerprint density at radius 1 is 0.654 bits per heavy atom. The van der Waals surface area contributed by atoms with Crippen LogP contribution in [0.2, 0.25) is 0 Å². The molecule has 0 unspecified atom stereocenters. The van der Waals surface area contributed by atoms with E-state index in [1.807, 2.05) is 27.7 Å². The van der Waals surface area contributed by atoms with Gasteiger partial charge in [0.15, 0.2) is 0 Å². The Labute approximate surface area is 152 Å². The molecule has 0 bridgehead atoms. The van der Waals surface area contributed by atoms with Crippen LogP contribution in [0.25, 0.3) is 0 Å². The number of benzene rings is 2. The number of nitrogens with zero attached hydrogens (tertiary/aromatic N) is 2. The summed E-state index contributed by atoms with van der Waals surface area (Å²) in [5, 5.41) is 38.4. The molecule has 0 aliphatic carbocycles. The van der Waals surface area contributed by atoms with Gasteiger partial charge in [0.1, 0.15) is 23.0 Å². The maximum Gasteiger partial charge on any atom is 0.128 e. The van der Waals surface area contributed by atoms with Gasteiger partial charge in [-0.25, -0.2) is 0 Å². The quantitative estimate of drug-likeness (QED) is 0.614. The van der Waals surface area contributed by atoms with Crippen LogP contribution < -0.4 is 0 Å². The second-order valence-electron chi connectivity index (χ2n) is 7.12. The van der Waals surface area contributed by atoms with E-state index < -0.39 is 11.1 Å². The number of phenols is 4. The van der Waals surface area contributed by atoms with E-state index in [4.69, 9.17) is 0 Å². The first-order valence-corrected chi connectivity index (χ1v) is 8.16. The standard InChI is InChI=1S/C20H24N2O4/c1-19(2,21-11-13-5-7-15(23)9-17(13)25)20(3,4)22-12-14-6-8-16(24)10-18(14)26/h5-12,23-26H,1-4H3. The van der Waals surface area contributed by atoms with Crippen LogP contribution in [-0.2, 0) is 0 Å². The Kier molecular flexibility index (Phi) is 5.25. The molecule has 0 fully saturated rings. The van der Waals surface area contributed by atoms with Crippen LogP contribution in [0.1, 0.15) is 38.8 Å². The molecule has 0 saturated heterocycles. The van der Waals surface area contributed by atoms with E-state index in [9.17, 15) is 20.4 Å². The van der Waals surface area contributed by atoms with Crippen LogP contribution in [0.15, 0.2) is 46.4 Å². The van der Waals surface area contributed by atoms with Gasteiger partial charge in [0, 0.05) is 35.7 Å². The first-order chi connectivity index (χ1) is 12.0. The van der Waals surface area contributed by atoms with Gasteiger partial charge in [-0.15, -0.1) is 0 Å². The lowest BCUT2D eigenvalue weighted by Gasteiger charge is -2.35. The van der Waals surface area contributed by atoms with Crippen LogP contribution in [0.4, 0.5) is 0 Å². The molecule has 0 amide bonds. The highest BCUT2D eigenvalue weighted by molar-refractivity contribution is 5.85. The summed E-state index contributed by atoms with van der Waals surface area (Å²) in [4.78, 5) is 9.11. The van der Waals surface area contributed by atoms with Gasteiger partial charge in [-0.3, -0.25) is 9.98 Å². The van der Waals surface area contributed by atoms with Crippen molar-refractivity contribution in [1.82, 2.24) is 0 Å². The van der Waals surface area contributed by atoms with E-state index in [2.05, 4.69) is 9.98 Å². The summed E-state index contributed by atoms with van der Waals surface area (Å²) in [6, 6.07) is 8.62. The van der Waals surface area contributed by atoms with Crippen LogP contribution in [-0.4, -0.2) is 43.9 Å². The topological polar surface area (TPSA) is 106 Å². The third-order valence-electron chi connectivity index (χ3n) is 4.58. The molecule has 0 aromatic heterocycles. The molecule has 6 heteroatoms. The minimum absolute atomic E-state index is 0.0162. The largest absolute Gasteiger partial charge is 0.508 e. The number of hydrogen-bond acceptors (Lipinski definition) is 6. The van der Waals surface area contributed by atoms with Crippen molar-refractivity contribution < 1.29 is 20.4 Å². The third-order valence-corrected chi connectivity index (χ3v) is 4.58. The molecule has 0 atom stereocenters.